The number of aromatic carboxylic acids is 1. The first-order valence-corrected chi connectivity index (χ1v) is 11.8. The molecule has 4 rings (SSSR count). The number of amides is 4. The number of hydrogen-bond acceptors (Lipinski definition) is 6. The zero-order valence-electron chi connectivity index (χ0n) is 20.7. The molecule has 2 N–H and O–H groups in total. The molecule has 0 unspecified atom stereocenters. The van der Waals surface area contributed by atoms with Gasteiger partial charge in [0.15, 0.2) is 11.5 Å². The number of nitrogens with zero attached hydrogens (tertiary/aromatic N) is 1. The van der Waals surface area contributed by atoms with Crippen molar-refractivity contribution in [3.63, 3.8) is 0 Å². The first kappa shape index (κ1) is 26.4. The minimum absolute atomic E-state index is 0.0213. The van der Waals surface area contributed by atoms with Crippen molar-refractivity contribution in [2.75, 3.05) is 12.0 Å². The van der Waals surface area contributed by atoms with Crippen molar-refractivity contribution in [2.45, 2.75) is 20.5 Å². The molecule has 9 nitrogen and oxygen atoms in total. The number of barbiturate groups is 1. The zero-order chi connectivity index (χ0) is 27.6. The Morgan fingerprint density at radius 1 is 1.03 bits per heavy atom. The summed E-state index contributed by atoms with van der Waals surface area (Å²) in [4.78, 5) is 50.0. The number of halogens is 1. The molecule has 194 valence electrons. The van der Waals surface area contributed by atoms with E-state index in [-0.39, 0.29) is 34.2 Å². The average molecular weight is 535 g/mol. The fourth-order valence-electron chi connectivity index (χ4n) is 4.08. The molecule has 0 aromatic heterocycles. The van der Waals surface area contributed by atoms with Crippen molar-refractivity contribution in [1.82, 2.24) is 5.32 Å². The number of rotatable bonds is 7. The van der Waals surface area contributed by atoms with Crippen molar-refractivity contribution in [3.05, 3.63) is 93.0 Å². The van der Waals surface area contributed by atoms with Crippen LogP contribution in [-0.2, 0) is 16.2 Å². The number of nitrogens with one attached hydrogen (secondary N) is 1. The third-order valence-corrected chi connectivity index (χ3v) is 5.98. The predicted molar refractivity (Wildman–Crippen MR) is 141 cm³/mol. The molecule has 0 bridgehead atoms. The minimum atomic E-state index is -1.16. The topological polar surface area (TPSA) is 122 Å². The van der Waals surface area contributed by atoms with E-state index in [0.29, 0.717) is 11.3 Å². The lowest BCUT2D eigenvalue weighted by Crippen LogP contribution is -2.54. The van der Waals surface area contributed by atoms with E-state index in [0.717, 1.165) is 21.6 Å². The number of anilines is 1. The van der Waals surface area contributed by atoms with Gasteiger partial charge in [0.25, 0.3) is 11.8 Å². The van der Waals surface area contributed by atoms with Crippen LogP contribution in [0.15, 0.2) is 60.2 Å². The number of hydrogen-bond donors (Lipinski definition) is 2. The summed E-state index contributed by atoms with van der Waals surface area (Å²) < 4.78 is 11.4. The van der Waals surface area contributed by atoms with Crippen molar-refractivity contribution in [2.24, 2.45) is 0 Å². The van der Waals surface area contributed by atoms with Crippen LogP contribution in [0.4, 0.5) is 10.5 Å². The lowest BCUT2D eigenvalue weighted by molar-refractivity contribution is -0.122. The molecule has 4 amide bonds. The summed E-state index contributed by atoms with van der Waals surface area (Å²) in [7, 11) is 1.44. The fraction of sp³-hybridized carbons (Fsp3) is 0.143. The smallest absolute Gasteiger partial charge is 0.335 e. The van der Waals surface area contributed by atoms with E-state index in [4.69, 9.17) is 26.2 Å². The molecule has 1 aliphatic rings. The molecule has 3 aromatic rings. The van der Waals surface area contributed by atoms with Crippen LogP contribution >= 0.6 is 11.6 Å². The van der Waals surface area contributed by atoms with Crippen LogP contribution in [0.25, 0.3) is 6.08 Å². The maximum atomic E-state index is 13.2. The highest BCUT2D eigenvalue weighted by Gasteiger charge is 2.37. The Morgan fingerprint density at radius 2 is 1.68 bits per heavy atom. The second-order valence-electron chi connectivity index (χ2n) is 8.63. The summed E-state index contributed by atoms with van der Waals surface area (Å²) in [6.45, 7) is 4.24. The number of carboxylic acid groups (broad SMARTS) is 1. The van der Waals surface area contributed by atoms with Gasteiger partial charge in [0, 0.05) is 0 Å². The quantitative estimate of drug-likeness (QED) is 0.326. The highest BCUT2D eigenvalue weighted by atomic mass is 35.5. The first-order chi connectivity index (χ1) is 18.1. The summed E-state index contributed by atoms with van der Waals surface area (Å²) in [5, 5.41) is 11.4. The summed E-state index contributed by atoms with van der Waals surface area (Å²) in [5.41, 5.74) is 3.27. The molecule has 0 saturated carbocycles. The lowest BCUT2D eigenvalue weighted by Gasteiger charge is -2.26. The van der Waals surface area contributed by atoms with Crippen molar-refractivity contribution >= 4 is 47.2 Å². The predicted octanol–water partition coefficient (Wildman–Crippen LogP) is 4.91. The van der Waals surface area contributed by atoms with Crippen molar-refractivity contribution in [1.29, 1.82) is 0 Å². The van der Waals surface area contributed by atoms with E-state index in [2.05, 4.69) is 11.4 Å². The normalized spacial score (nSPS) is 14.5. The highest BCUT2D eigenvalue weighted by molar-refractivity contribution is 6.39. The van der Waals surface area contributed by atoms with Crippen LogP contribution in [-0.4, -0.2) is 36.0 Å². The minimum Gasteiger partial charge on any atom is -0.493 e. The Kier molecular flexibility index (Phi) is 7.50. The van der Waals surface area contributed by atoms with Crippen LogP contribution in [0, 0.1) is 13.8 Å². The first-order valence-electron chi connectivity index (χ1n) is 11.4. The number of carbonyl (C=O) groups is 4. The third-order valence-electron chi connectivity index (χ3n) is 5.70. The van der Waals surface area contributed by atoms with Gasteiger partial charge in [0.1, 0.15) is 12.2 Å². The second kappa shape index (κ2) is 10.8. The molecule has 1 fully saturated rings. The number of urea groups is 1. The van der Waals surface area contributed by atoms with Gasteiger partial charge in [-0.1, -0.05) is 40.9 Å². The van der Waals surface area contributed by atoms with E-state index < -0.39 is 23.8 Å². The highest BCUT2D eigenvalue weighted by Crippen LogP contribution is 2.38. The number of benzene rings is 3. The molecule has 3 aromatic carbocycles. The van der Waals surface area contributed by atoms with Crippen LogP contribution in [0.3, 0.4) is 0 Å². The molecular formula is C28H23ClN2O7. The molecule has 10 heteroatoms. The monoisotopic (exact) mass is 534 g/mol. The van der Waals surface area contributed by atoms with E-state index in [1.54, 1.807) is 6.07 Å². The number of carboxylic acids is 1. The number of aryl methyl sites for hydroxylation is 2. The van der Waals surface area contributed by atoms with E-state index in [1.807, 2.05) is 26.0 Å². The van der Waals surface area contributed by atoms with Crippen LogP contribution < -0.4 is 19.7 Å². The Balaban J connectivity index is 1.63. The largest absolute Gasteiger partial charge is 0.493 e. The molecular weight excluding hydrogens is 512 g/mol. The van der Waals surface area contributed by atoms with E-state index in [1.165, 1.54) is 43.5 Å². The van der Waals surface area contributed by atoms with Crippen molar-refractivity contribution in [3.8, 4) is 11.5 Å². The standard InChI is InChI=1S/C28H23ClN2O7/c1-15-8-16(2)10-18(9-15)14-38-24-22(29)12-17(13-23(24)37-3)11-21-25(32)30-28(36)31(26(21)33)20-6-4-19(5-7-20)27(34)35/h4-13H,14H2,1-3H3,(H,34,35)(H,30,32,36)/b21-11+. The fourth-order valence-corrected chi connectivity index (χ4v) is 4.36. The van der Waals surface area contributed by atoms with Gasteiger partial charge in [0.05, 0.1) is 23.4 Å². The van der Waals surface area contributed by atoms with Crippen LogP contribution in [0.1, 0.15) is 32.6 Å². The Morgan fingerprint density at radius 3 is 2.29 bits per heavy atom. The molecule has 1 aliphatic heterocycles. The molecule has 0 radical (unpaired) electrons. The van der Waals surface area contributed by atoms with Gasteiger partial charge in [-0.2, -0.15) is 0 Å². The number of imide groups is 2. The van der Waals surface area contributed by atoms with Gasteiger partial charge in [0.2, 0.25) is 0 Å². The molecule has 38 heavy (non-hydrogen) atoms. The van der Waals surface area contributed by atoms with E-state index in [9.17, 15) is 19.2 Å². The van der Waals surface area contributed by atoms with Gasteiger partial charge < -0.3 is 14.6 Å². The van der Waals surface area contributed by atoms with Crippen LogP contribution in [0.2, 0.25) is 5.02 Å². The van der Waals surface area contributed by atoms with Gasteiger partial charge in [-0.3, -0.25) is 14.9 Å². The molecule has 0 atom stereocenters. The van der Waals surface area contributed by atoms with Gasteiger partial charge in [-0.25, -0.2) is 14.5 Å². The second-order valence-corrected chi connectivity index (χ2v) is 9.04. The zero-order valence-corrected chi connectivity index (χ0v) is 21.5. The number of ether oxygens (including phenoxy) is 2. The average Bonchev–Trinajstić information content (AvgIpc) is 2.85. The molecule has 1 heterocycles. The Hall–Kier alpha value is -4.63. The maximum absolute atomic E-state index is 13.2. The summed E-state index contributed by atoms with van der Waals surface area (Å²) in [6, 6.07) is 13.3. The van der Waals surface area contributed by atoms with E-state index >= 15 is 0 Å². The van der Waals surface area contributed by atoms with Gasteiger partial charge in [-0.15, -0.1) is 0 Å². The van der Waals surface area contributed by atoms with Gasteiger partial charge in [-0.05, 0) is 67.4 Å². The SMILES string of the molecule is COc1cc(/C=C2\C(=O)NC(=O)N(c3ccc(C(=O)O)cc3)C2=O)cc(Cl)c1OCc1cc(C)cc(C)c1. The Labute approximate surface area is 223 Å². The molecule has 1 saturated heterocycles. The summed E-state index contributed by atoms with van der Waals surface area (Å²) in [5.74, 6) is -2.34. The lowest BCUT2D eigenvalue weighted by atomic mass is 10.1. The third kappa shape index (κ3) is 5.52. The van der Waals surface area contributed by atoms with Crippen molar-refractivity contribution < 1.29 is 33.8 Å². The summed E-state index contributed by atoms with van der Waals surface area (Å²) >= 11 is 6.49. The van der Waals surface area contributed by atoms with Gasteiger partial charge >= 0.3 is 12.0 Å². The van der Waals surface area contributed by atoms with Crippen LogP contribution in [0.5, 0.6) is 11.5 Å². The number of carbonyl (C=O) groups excluding carboxylic acids is 3. The number of methoxy groups -OCH3 is 1. The Bertz CT molecular complexity index is 1480. The molecule has 0 spiro atoms. The maximum Gasteiger partial charge on any atom is 0.335 e. The summed E-state index contributed by atoms with van der Waals surface area (Å²) in [6.07, 6.45) is 1.28. The molecule has 0 aliphatic carbocycles.